The summed E-state index contributed by atoms with van der Waals surface area (Å²) < 4.78 is 27.8. The quantitative estimate of drug-likeness (QED) is 0.508. The Morgan fingerprint density at radius 2 is 1.59 bits per heavy atom. The van der Waals surface area contributed by atoms with E-state index in [0.717, 1.165) is 0 Å². The fourth-order valence-electron chi connectivity index (χ4n) is 2.71. The lowest BCUT2D eigenvalue weighted by atomic mass is 10.2. The fourth-order valence-corrected chi connectivity index (χ4v) is 2.90. The van der Waals surface area contributed by atoms with Crippen LogP contribution in [0.25, 0.3) is 17.1 Å². The molecule has 0 aliphatic carbocycles. The molecule has 0 unspecified atom stereocenters. The van der Waals surface area contributed by atoms with Gasteiger partial charge in [-0.25, -0.2) is 18.4 Å². The molecule has 1 heterocycles. The molecule has 0 aliphatic rings. The van der Waals surface area contributed by atoms with E-state index in [-0.39, 0.29) is 5.82 Å². The Bertz CT molecular complexity index is 1170. The molecule has 5 nitrogen and oxygen atoms in total. The van der Waals surface area contributed by atoms with Gasteiger partial charge in [-0.15, -0.1) is 5.10 Å². The highest BCUT2D eigenvalue weighted by atomic mass is 35.5. The molecule has 8 heteroatoms. The van der Waals surface area contributed by atoms with Gasteiger partial charge in [0.25, 0.3) is 5.91 Å². The van der Waals surface area contributed by atoms with Crippen molar-refractivity contribution < 1.29 is 13.6 Å². The van der Waals surface area contributed by atoms with E-state index in [2.05, 4.69) is 15.4 Å². The molecule has 0 saturated carbocycles. The molecule has 0 radical (unpaired) electrons. The molecular weight excluding hydrogens is 398 g/mol. The van der Waals surface area contributed by atoms with E-state index in [0.29, 0.717) is 27.8 Å². The molecule has 0 saturated heterocycles. The number of benzene rings is 3. The minimum atomic E-state index is -0.569. The highest BCUT2D eigenvalue weighted by Gasteiger charge is 2.19. The molecule has 144 valence electrons. The standard InChI is InChI=1S/C21H13ClF2N4O/c22-14-3-1-2-13(12-14)20-26-19(21(29)25-17-8-4-15(23)5-9-17)27-28(20)18-10-6-16(24)7-11-18/h1-12H,(H,25,29). The topological polar surface area (TPSA) is 59.8 Å². The summed E-state index contributed by atoms with van der Waals surface area (Å²) in [6.07, 6.45) is 0. The number of carbonyl (C=O) groups is 1. The first-order chi connectivity index (χ1) is 14.0. The Balaban J connectivity index is 1.75. The fraction of sp³-hybridized carbons (Fsp3) is 0. The van der Waals surface area contributed by atoms with Gasteiger partial charge in [-0.3, -0.25) is 4.79 Å². The smallest absolute Gasteiger partial charge is 0.295 e. The average Bonchev–Trinajstić information content (AvgIpc) is 3.16. The van der Waals surface area contributed by atoms with Crippen LogP contribution in [0.2, 0.25) is 5.02 Å². The monoisotopic (exact) mass is 410 g/mol. The predicted octanol–water partition coefficient (Wildman–Crippen LogP) is 5.12. The number of aromatic nitrogens is 3. The van der Waals surface area contributed by atoms with Crippen LogP contribution in [0.1, 0.15) is 10.6 Å². The average molecular weight is 411 g/mol. The van der Waals surface area contributed by atoms with Crippen LogP contribution >= 0.6 is 11.6 Å². The van der Waals surface area contributed by atoms with Crippen LogP contribution in [-0.4, -0.2) is 20.7 Å². The van der Waals surface area contributed by atoms with Gasteiger partial charge in [0.1, 0.15) is 11.6 Å². The van der Waals surface area contributed by atoms with Crippen molar-refractivity contribution in [2.24, 2.45) is 0 Å². The Morgan fingerprint density at radius 3 is 2.24 bits per heavy atom. The number of nitrogens with zero attached hydrogens (tertiary/aromatic N) is 3. The summed E-state index contributed by atoms with van der Waals surface area (Å²) in [5.41, 5.74) is 1.56. The van der Waals surface area contributed by atoms with Gasteiger partial charge in [0.2, 0.25) is 5.82 Å². The van der Waals surface area contributed by atoms with Crippen molar-refractivity contribution in [2.75, 3.05) is 5.32 Å². The number of amides is 1. The van der Waals surface area contributed by atoms with Crippen molar-refractivity contribution in [2.45, 2.75) is 0 Å². The van der Waals surface area contributed by atoms with Gasteiger partial charge in [0.15, 0.2) is 5.82 Å². The maximum atomic E-state index is 13.3. The van der Waals surface area contributed by atoms with Gasteiger partial charge in [-0.2, -0.15) is 0 Å². The number of nitrogens with one attached hydrogen (secondary N) is 1. The van der Waals surface area contributed by atoms with E-state index in [1.807, 2.05) is 0 Å². The SMILES string of the molecule is O=C(Nc1ccc(F)cc1)c1nc(-c2cccc(Cl)c2)n(-c2ccc(F)cc2)n1. The van der Waals surface area contributed by atoms with Crippen LogP contribution in [0.4, 0.5) is 14.5 Å². The third kappa shape index (κ3) is 4.14. The molecule has 0 aliphatic heterocycles. The molecule has 0 atom stereocenters. The Kier molecular flexibility index (Phi) is 5.05. The molecule has 0 bridgehead atoms. The largest absolute Gasteiger partial charge is 0.319 e. The Hall–Kier alpha value is -3.58. The van der Waals surface area contributed by atoms with Crippen LogP contribution in [0.3, 0.4) is 0 Å². The van der Waals surface area contributed by atoms with Crippen molar-refractivity contribution in [1.29, 1.82) is 0 Å². The summed E-state index contributed by atoms with van der Waals surface area (Å²) in [5, 5.41) is 7.40. The number of carbonyl (C=O) groups excluding carboxylic acids is 1. The Morgan fingerprint density at radius 1 is 0.931 bits per heavy atom. The second-order valence-electron chi connectivity index (χ2n) is 6.12. The number of hydrogen-bond acceptors (Lipinski definition) is 3. The molecule has 4 aromatic rings. The zero-order valence-electron chi connectivity index (χ0n) is 14.8. The summed E-state index contributed by atoms with van der Waals surface area (Å²) in [4.78, 5) is 17.0. The van der Waals surface area contributed by atoms with Gasteiger partial charge in [-0.05, 0) is 60.7 Å². The Labute approximate surface area is 169 Å². The minimum absolute atomic E-state index is 0.103. The predicted molar refractivity (Wildman–Crippen MR) is 106 cm³/mol. The van der Waals surface area contributed by atoms with Crippen molar-refractivity contribution in [3.8, 4) is 17.1 Å². The first-order valence-corrected chi connectivity index (χ1v) is 8.93. The minimum Gasteiger partial charge on any atom is -0.319 e. The zero-order chi connectivity index (χ0) is 20.4. The molecule has 29 heavy (non-hydrogen) atoms. The second kappa shape index (κ2) is 7.81. The third-order valence-electron chi connectivity index (χ3n) is 4.07. The number of hydrogen-bond donors (Lipinski definition) is 1. The van der Waals surface area contributed by atoms with E-state index < -0.39 is 17.5 Å². The molecule has 1 amide bonds. The van der Waals surface area contributed by atoms with Gasteiger partial charge >= 0.3 is 0 Å². The lowest BCUT2D eigenvalue weighted by molar-refractivity contribution is 0.101. The summed E-state index contributed by atoms with van der Waals surface area (Å²) in [7, 11) is 0. The number of halogens is 3. The molecule has 4 rings (SSSR count). The number of anilines is 1. The first-order valence-electron chi connectivity index (χ1n) is 8.55. The lowest BCUT2D eigenvalue weighted by Crippen LogP contribution is -2.14. The van der Waals surface area contributed by atoms with Gasteiger partial charge in [0, 0.05) is 16.3 Å². The van der Waals surface area contributed by atoms with E-state index in [4.69, 9.17) is 11.6 Å². The summed E-state index contributed by atoms with van der Waals surface area (Å²) in [6, 6.07) is 17.9. The zero-order valence-corrected chi connectivity index (χ0v) is 15.6. The van der Waals surface area contributed by atoms with Gasteiger partial charge < -0.3 is 5.32 Å². The molecule has 0 spiro atoms. The molecule has 1 aromatic heterocycles. The van der Waals surface area contributed by atoms with Crippen LogP contribution in [0.5, 0.6) is 0 Å². The lowest BCUT2D eigenvalue weighted by Gasteiger charge is -2.06. The van der Waals surface area contributed by atoms with Crippen LogP contribution in [-0.2, 0) is 0 Å². The van der Waals surface area contributed by atoms with Crippen LogP contribution in [0, 0.1) is 11.6 Å². The van der Waals surface area contributed by atoms with E-state index in [1.165, 1.54) is 53.2 Å². The molecular formula is C21H13ClF2N4O. The van der Waals surface area contributed by atoms with Gasteiger partial charge in [0.05, 0.1) is 5.69 Å². The van der Waals surface area contributed by atoms with Crippen molar-refractivity contribution in [3.05, 3.63) is 95.3 Å². The van der Waals surface area contributed by atoms with Crippen molar-refractivity contribution in [3.63, 3.8) is 0 Å². The van der Waals surface area contributed by atoms with Crippen LogP contribution < -0.4 is 5.32 Å². The normalized spacial score (nSPS) is 10.7. The molecule has 3 aromatic carbocycles. The van der Waals surface area contributed by atoms with Gasteiger partial charge in [-0.1, -0.05) is 23.7 Å². The van der Waals surface area contributed by atoms with E-state index in [1.54, 1.807) is 24.3 Å². The third-order valence-corrected chi connectivity index (χ3v) is 4.30. The highest BCUT2D eigenvalue weighted by Crippen LogP contribution is 2.24. The highest BCUT2D eigenvalue weighted by molar-refractivity contribution is 6.30. The summed E-state index contributed by atoms with van der Waals surface area (Å²) >= 11 is 6.09. The molecule has 1 N–H and O–H groups in total. The van der Waals surface area contributed by atoms with E-state index >= 15 is 0 Å². The second-order valence-corrected chi connectivity index (χ2v) is 6.56. The summed E-state index contributed by atoms with van der Waals surface area (Å²) in [5.74, 6) is -1.12. The first kappa shape index (κ1) is 18.8. The molecule has 0 fully saturated rings. The van der Waals surface area contributed by atoms with E-state index in [9.17, 15) is 13.6 Å². The summed E-state index contributed by atoms with van der Waals surface area (Å²) in [6.45, 7) is 0. The maximum Gasteiger partial charge on any atom is 0.295 e. The maximum absolute atomic E-state index is 13.3. The van der Waals surface area contributed by atoms with Crippen molar-refractivity contribution >= 4 is 23.2 Å². The number of rotatable bonds is 4. The van der Waals surface area contributed by atoms with Crippen LogP contribution in [0.15, 0.2) is 72.8 Å². The van der Waals surface area contributed by atoms with Crippen molar-refractivity contribution in [1.82, 2.24) is 14.8 Å².